The van der Waals surface area contributed by atoms with Crippen LogP contribution in [0.4, 0.5) is 24.5 Å². The number of alkyl halides is 3. The highest BCUT2D eigenvalue weighted by atomic mass is 19.4. The van der Waals surface area contributed by atoms with Gasteiger partial charge in [0.05, 0.1) is 11.5 Å². The van der Waals surface area contributed by atoms with Crippen molar-refractivity contribution in [3.8, 4) is 5.75 Å². The molecule has 0 aliphatic heterocycles. The molecule has 0 N–H and O–H groups in total. The molecule has 130 valence electrons. The quantitative estimate of drug-likeness (QED) is 0.395. The predicted octanol–water partition coefficient (Wildman–Crippen LogP) is 4.64. The molecule has 1 aromatic rings. The van der Waals surface area contributed by atoms with Crippen molar-refractivity contribution in [2.45, 2.75) is 39.8 Å². The lowest BCUT2D eigenvalue weighted by Gasteiger charge is -2.23. The van der Waals surface area contributed by atoms with Gasteiger partial charge in [-0.05, 0) is 20.3 Å². The van der Waals surface area contributed by atoms with Crippen molar-refractivity contribution in [2.24, 2.45) is 0 Å². The first-order chi connectivity index (χ1) is 10.8. The lowest BCUT2D eigenvalue weighted by atomic mass is 10.1. The van der Waals surface area contributed by atoms with Gasteiger partial charge in [0.1, 0.15) is 17.0 Å². The summed E-state index contributed by atoms with van der Waals surface area (Å²) < 4.78 is 44.8. The molecule has 0 bridgehead atoms. The molecule has 0 radical (unpaired) electrons. The van der Waals surface area contributed by atoms with Crippen LogP contribution >= 0.6 is 0 Å². The van der Waals surface area contributed by atoms with Crippen LogP contribution in [0.25, 0.3) is 0 Å². The van der Waals surface area contributed by atoms with E-state index in [0.29, 0.717) is 25.6 Å². The zero-order valence-corrected chi connectivity index (χ0v) is 13.4. The van der Waals surface area contributed by atoms with E-state index in [0.717, 1.165) is 12.5 Å². The second-order valence-electron chi connectivity index (χ2n) is 4.97. The molecule has 1 rings (SSSR count). The summed E-state index contributed by atoms with van der Waals surface area (Å²) in [6, 6.07) is 1.69. The summed E-state index contributed by atoms with van der Waals surface area (Å²) in [7, 11) is 0. The highest BCUT2D eigenvalue weighted by molar-refractivity contribution is 5.68. The number of ether oxygens (including phenoxy) is 1. The van der Waals surface area contributed by atoms with Crippen molar-refractivity contribution in [3.05, 3.63) is 27.8 Å². The molecular formula is C15H21F3N2O3. The summed E-state index contributed by atoms with van der Waals surface area (Å²) in [6.07, 6.45) is -3.33. The number of unbranched alkanes of at least 4 members (excludes halogenated alkanes) is 1. The molecule has 23 heavy (non-hydrogen) atoms. The van der Waals surface area contributed by atoms with E-state index >= 15 is 0 Å². The molecule has 0 unspecified atom stereocenters. The summed E-state index contributed by atoms with van der Waals surface area (Å²) in [4.78, 5) is 12.0. The summed E-state index contributed by atoms with van der Waals surface area (Å²) in [5, 5.41) is 11.2. The maximum Gasteiger partial charge on any atom is 0.420 e. The Balaban J connectivity index is 3.45. The second-order valence-corrected chi connectivity index (χ2v) is 4.97. The number of hydrogen-bond donors (Lipinski definition) is 0. The van der Waals surface area contributed by atoms with Gasteiger partial charge in [0.2, 0.25) is 0 Å². The molecule has 8 heteroatoms. The number of nitrogens with zero attached hydrogens (tertiary/aromatic N) is 2. The van der Waals surface area contributed by atoms with Gasteiger partial charge in [0.15, 0.2) is 0 Å². The minimum atomic E-state index is -4.71. The number of anilines is 1. The Morgan fingerprint density at radius 2 is 1.83 bits per heavy atom. The van der Waals surface area contributed by atoms with Crippen molar-refractivity contribution >= 4 is 11.4 Å². The Morgan fingerprint density at radius 1 is 1.22 bits per heavy atom. The van der Waals surface area contributed by atoms with E-state index in [9.17, 15) is 23.3 Å². The summed E-state index contributed by atoms with van der Waals surface area (Å²) in [5.41, 5.74) is -1.54. The highest BCUT2D eigenvalue weighted by Crippen LogP contribution is 2.43. The van der Waals surface area contributed by atoms with Crippen molar-refractivity contribution in [1.82, 2.24) is 0 Å². The van der Waals surface area contributed by atoms with Gasteiger partial charge >= 0.3 is 6.18 Å². The molecule has 0 heterocycles. The van der Waals surface area contributed by atoms with Gasteiger partial charge in [-0.2, -0.15) is 13.2 Å². The summed E-state index contributed by atoms with van der Waals surface area (Å²) in [5.74, 6) is -0.363. The first-order valence-electron chi connectivity index (χ1n) is 7.53. The van der Waals surface area contributed by atoms with Crippen LogP contribution in [-0.2, 0) is 6.18 Å². The fourth-order valence-corrected chi connectivity index (χ4v) is 2.19. The van der Waals surface area contributed by atoms with E-state index in [1.165, 1.54) is 0 Å². The maximum atomic E-state index is 13.2. The Morgan fingerprint density at radius 3 is 2.26 bits per heavy atom. The van der Waals surface area contributed by atoms with E-state index in [-0.39, 0.29) is 18.0 Å². The largest absolute Gasteiger partial charge is 0.493 e. The molecule has 0 amide bonds. The van der Waals surface area contributed by atoms with Crippen LogP contribution < -0.4 is 9.64 Å². The molecule has 5 nitrogen and oxygen atoms in total. The lowest BCUT2D eigenvalue weighted by Crippen LogP contribution is -2.23. The van der Waals surface area contributed by atoms with Crippen LogP contribution in [0, 0.1) is 10.1 Å². The number of nitro benzene ring substituents is 1. The number of hydrogen-bond acceptors (Lipinski definition) is 4. The van der Waals surface area contributed by atoms with E-state index in [2.05, 4.69) is 0 Å². The van der Waals surface area contributed by atoms with Gasteiger partial charge in [-0.15, -0.1) is 0 Å². The van der Waals surface area contributed by atoms with Crippen LogP contribution in [0.3, 0.4) is 0 Å². The predicted molar refractivity (Wildman–Crippen MR) is 82.1 cm³/mol. The maximum absolute atomic E-state index is 13.2. The van der Waals surface area contributed by atoms with Crippen LogP contribution in [0.2, 0.25) is 0 Å². The van der Waals surface area contributed by atoms with Gasteiger partial charge in [-0.1, -0.05) is 13.3 Å². The zero-order chi connectivity index (χ0) is 17.6. The topological polar surface area (TPSA) is 55.6 Å². The molecule has 0 fully saturated rings. The molecule has 0 aromatic heterocycles. The molecule has 0 aliphatic carbocycles. The molecule has 0 saturated carbocycles. The standard InChI is InChI=1S/C15H21F3N2O3/c1-4-7-8-23-14-10-12(19(5-2)6-3)13(20(21)22)9-11(14)15(16,17)18/h9-10H,4-8H2,1-3H3. The zero-order valence-electron chi connectivity index (χ0n) is 13.4. The smallest absolute Gasteiger partial charge is 0.420 e. The minimum absolute atomic E-state index is 0.134. The fraction of sp³-hybridized carbons (Fsp3) is 0.600. The first kappa shape index (κ1) is 19.1. The summed E-state index contributed by atoms with van der Waals surface area (Å²) in [6.45, 7) is 6.47. The third-order valence-electron chi connectivity index (χ3n) is 3.44. The second kappa shape index (κ2) is 8.03. The molecule has 0 aliphatic rings. The average molecular weight is 334 g/mol. The first-order valence-corrected chi connectivity index (χ1v) is 7.53. The lowest BCUT2D eigenvalue weighted by molar-refractivity contribution is -0.384. The molecule has 0 spiro atoms. The molecule has 0 atom stereocenters. The molecule has 0 saturated heterocycles. The number of benzene rings is 1. The van der Waals surface area contributed by atoms with E-state index in [1.807, 2.05) is 6.92 Å². The van der Waals surface area contributed by atoms with Gasteiger partial charge < -0.3 is 9.64 Å². The van der Waals surface area contributed by atoms with E-state index in [4.69, 9.17) is 4.74 Å². The van der Waals surface area contributed by atoms with E-state index in [1.54, 1.807) is 18.7 Å². The van der Waals surface area contributed by atoms with E-state index < -0.39 is 22.4 Å². The normalized spacial score (nSPS) is 11.4. The Hall–Kier alpha value is -1.99. The van der Waals surface area contributed by atoms with Gasteiger partial charge in [0, 0.05) is 25.2 Å². The minimum Gasteiger partial charge on any atom is -0.493 e. The highest BCUT2D eigenvalue weighted by Gasteiger charge is 2.38. The van der Waals surface area contributed by atoms with Crippen molar-refractivity contribution in [2.75, 3.05) is 24.6 Å². The molecular weight excluding hydrogens is 313 g/mol. The fourth-order valence-electron chi connectivity index (χ4n) is 2.19. The Bertz CT molecular complexity index is 544. The number of halogens is 3. The Kier molecular flexibility index (Phi) is 6.65. The van der Waals surface area contributed by atoms with Gasteiger partial charge in [0.25, 0.3) is 5.69 Å². The van der Waals surface area contributed by atoms with Crippen molar-refractivity contribution in [3.63, 3.8) is 0 Å². The third-order valence-corrected chi connectivity index (χ3v) is 3.44. The summed E-state index contributed by atoms with van der Waals surface area (Å²) >= 11 is 0. The van der Waals surface area contributed by atoms with Crippen LogP contribution in [0.5, 0.6) is 5.75 Å². The van der Waals surface area contributed by atoms with Crippen molar-refractivity contribution < 1.29 is 22.8 Å². The van der Waals surface area contributed by atoms with Gasteiger partial charge in [-0.3, -0.25) is 10.1 Å². The van der Waals surface area contributed by atoms with Crippen LogP contribution in [-0.4, -0.2) is 24.6 Å². The number of nitro groups is 1. The number of rotatable bonds is 8. The monoisotopic (exact) mass is 334 g/mol. The van der Waals surface area contributed by atoms with Crippen molar-refractivity contribution in [1.29, 1.82) is 0 Å². The van der Waals surface area contributed by atoms with Crippen LogP contribution in [0.1, 0.15) is 39.2 Å². The average Bonchev–Trinajstić information content (AvgIpc) is 2.47. The van der Waals surface area contributed by atoms with Crippen LogP contribution in [0.15, 0.2) is 12.1 Å². The Labute approximate surface area is 133 Å². The third kappa shape index (κ3) is 4.74. The SMILES string of the molecule is CCCCOc1cc(N(CC)CC)c([N+](=O)[O-])cc1C(F)(F)F. The van der Waals surface area contributed by atoms with Gasteiger partial charge in [-0.25, -0.2) is 0 Å². The molecule has 1 aromatic carbocycles.